The van der Waals surface area contributed by atoms with Crippen molar-refractivity contribution in [1.82, 2.24) is 24.7 Å². The molecular formula is C23H25ClN6O. The lowest BCUT2D eigenvalue weighted by Gasteiger charge is -2.22. The zero-order valence-electron chi connectivity index (χ0n) is 18.5. The number of benzene rings is 1. The molecule has 8 heteroatoms. The van der Waals surface area contributed by atoms with Crippen molar-refractivity contribution in [2.45, 2.75) is 26.8 Å². The molecule has 4 aromatic rings. The first-order chi connectivity index (χ1) is 14.8. The smallest absolute Gasteiger partial charge is 0.161 e. The van der Waals surface area contributed by atoms with Crippen LogP contribution in [0.15, 0.2) is 36.9 Å². The molecule has 160 valence electrons. The third-order valence-electron chi connectivity index (χ3n) is 5.57. The molecule has 0 saturated heterocycles. The monoisotopic (exact) mass is 436 g/mol. The van der Waals surface area contributed by atoms with Gasteiger partial charge in [0.2, 0.25) is 0 Å². The van der Waals surface area contributed by atoms with Gasteiger partial charge in [0, 0.05) is 42.6 Å². The summed E-state index contributed by atoms with van der Waals surface area (Å²) in [6.07, 6.45) is 5.13. The van der Waals surface area contributed by atoms with Crippen LogP contribution in [0.25, 0.3) is 22.2 Å². The number of nitrogens with zero attached hydrogens (tertiary/aromatic N) is 6. The van der Waals surface area contributed by atoms with Crippen LogP contribution in [-0.4, -0.2) is 45.9 Å². The number of halogens is 1. The zero-order chi connectivity index (χ0) is 22.3. The fourth-order valence-electron chi connectivity index (χ4n) is 3.87. The van der Waals surface area contributed by atoms with Gasteiger partial charge < -0.3 is 9.64 Å². The van der Waals surface area contributed by atoms with E-state index in [9.17, 15) is 0 Å². The molecule has 0 fully saturated rings. The highest BCUT2D eigenvalue weighted by Crippen LogP contribution is 2.43. The molecule has 1 atom stereocenters. The van der Waals surface area contributed by atoms with Gasteiger partial charge >= 0.3 is 0 Å². The Morgan fingerprint density at radius 2 is 1.94 bits per heavy atom. The molecule has 0 aliphatic rings. The molecule has 3 aromatic heterocycles. The molecule has 0 saturated carbocycles. The Morgan fingerprint density at radius 1 is 1.16 bits per heavy atom. The highest BCUT2D eigenvalue weighted by molar-refractivity contribution is 6.32. The van der Waals surface area contributed by atoms with Crippen LogP contribution < -0.4 is 9.64 Å². The van der Waals surface area contributed by atoms with Crippen molar-refractivity contribution < 1.29 is 4.74 Å². The third-order valence-corrected chi connectivity index (χ3v) is 5.97. The van der Waals surface area contributed by atoms with Gasteiger partial charge in [-0.3, -0.25) is 0 Å². The van der Waals surface area contributed by atoms with E-state index in [1.807, 2.05) is 55.7 Å². The van der Waals surface area contributed by atoms with Gasteiger partial charge in [0.25, 0.3) is 0 Å². The molecule has 3 heterocycles. The predicted molar refractivity (Wildman–Crippen MR) is 124 cm³/mol. The summed E-state index contributed by atoms with van der Waals surface area (Å²) in [6.45, 7) is 6.03. The fourth-order valence-corrected chi connectivity index (χ4v) is 4.08. The van der Waals surface area contributed by atoms with Gasteiger partial charge in [-0.15, -0.1) is 0 Å². The molecule has 1 unspecified atom stereocenters. The minimum Gasteiger partial charge on any atom is -0.496 e. The van der Waals surface area contributed by atoms with Crippen LogP contribution in [0, 0.1) is 13.8 Å². The molecular weight excluding hydrogens is 412 g/mol. The molecule has 0 aliphatic heterocycles. The lowest BCUT2D eigenvalue weighted by Crippen LogP contribution is -2.12. The van der Waals surface area contributed by atoms with E-state index in [0.29, 0.717) is 5.02 Å². The summed E-state index contributed by atoms with van der Waals surface area (Å²) in [7, 11) is 5.62. The SMILES string of the molecule is COc1c(C(C)n2nc(C)c3cncnc32)cc(Cl)c(C)c1-c1ccnc(N(C)C)c1. The van der Waals surface area contributed by atoms with Crippen molar-refractivity contribution in [1.29, 1.82) is 0 Å². The second-order valence-electron chi connectivity index (χ2n) is 7.74. The highest BCUT2D eigenvalue weighted by atomic mass is 35.5. The van der Waals surface area contributed by atoms with Crippen molar-refractivity contribution in [3.8, 4) is 16.9 Å². The molecule has 0 radical (unpaired) electrons. The Morgan fingerprint density at radius 3 is 2.65 bits per heavy atom. The average Bonchev–Trinajstić information content (AvgIpc) is 3.11. The molecule has 0 amide bonds. The number of aromatic nitrogens is 5. The number of hydrogen-bond donors (Lipinski definition) is 0. The molecule has 4 rings (SSSR count). The van der Waals surface area contributed by atoms with Gasteiger partial charge in [0.1, 0.15) is 17.9 Å². The summed E-state index contributed by atoms with van der Waals surface area (Å²) in [5.41, 5.74) is 5.48. The van der Waals surface area contributed by atoms with Crippen molar-refractivity contribution in [2.75, 3.05) is 26.1 Å². The minimum absolute atomic E-state index is 0.159. The average molecular weight is 437 g/mol. The summed E-state index contributed by atoms with van der Waals surface area (Å²) in [5, 5.41) is 6.33. The Labute approximate surface area is 186 Å². The van der Waals surface area contributed by atoms with Gasteiger partial charge in [0.15, 0.2) is 5.65 Å². The number of anilines is 1. The maximum atomic E-state index is 6.72. The third kappa shape index (κ3) is 3.59. The van der Waals surface area contributed by atoms with Gasteiger partial charge in [-0.2, -0.15) is 5.10 Å². The van der Waals surface area contributed by atoms with E-state index in [1.165, 1.54) is 6.33 Å². The number of aryl methyl sites for hydroxylation is 1. The van der Waals surface area contributed by atoms with Crippen LogP contribution in [0.5, 0.6) is 5.75 Å². The number of ether oxygens (including phenoxy) is 1. The molecule has 0 aliphatic carbocycles. The molecule has 0 spiro atoms. The zero-order valence-corrected chi connectivity index (χ0v) is 19.3. The van der Waals surface area contributed by atoms with E-state index in [-0.39, 0.29) is 6.04 Å². The van der Waals surface area contributed by atoms with Gasteiger partial charge in [-0.25, -0.2) is 19.6 Å². The number of rotatable bonds is 5. The quantitative estimate of drug-likeness (QED) is 0.445. The van der Waals surface area contributed by atoms with E-state index < -0.39 is 0 Å². The van der Waals surface area contributed by atoms with E-state index in [2.05, 4.69) is 21.9 Å². The van der Waals surface area contributed by atoms with Crippen LogP contribution in [0.1, 0.15) is 29.8 Å². The van der Waals surface area contributed by atoms with Crippen molar-refractivity contribution in [3.63, 3.8) is 0 Å². The minimum atomic E-state index is -0.159. The lowest BCUT2D eigenvalue weighted by molar-refractivity contribution is 0.402. The second-order valence-corrected chi connectivity index (χ2v) is 8.15. The topological polar surface area (TPSA) is 69.0 Å². The normalized spacial score (nSPS) is 12.2. The lowest BCUT2D eigenvalue weighted by atomic mass is 9.94. The van der Waals surface area contributed by atoms with Crippen LogP contribution in [-0.2, 0) is 0 Å². The van der Waals surface area contributed by atoms with Crippen LogP contribution in [0.2, 0.25) is 5.02 Å². The van der Waals surface area contributed by atoms with Gasteiger partial charge in [0.05, 0.1) is 24.2 Å². The molecule has 0 bridgehead atoms. The Bertz CT molecular complexity index is 1270. The van der Waals surface area contributed by atoms with Crippen molar-refractivity contribution in [2.24, 2.45) is 0 Å². The first-order valence-corrected chi connectivity index (χ1v) is 10.4. The summed E-state index contributed by atoms with van der Waals surface area (Å²) in [6, 6.07) is 5.81. The van der Waals surface area contributed by atoms with E-state index in [0.717, 1.165) is 50.5 Å². The summed E-state index contributed by atoms with van der Waals surface area (Å²) < 4.78 is 7.86. The number of fused-ring (bicyclic) bond motifs is 1. The summed E-state index contributed by atoms with van der Waals surface area (Å²) >= 11 is 6.72. The second kappa shape index (κ2) is 8.15. The number of pyridine rings is 1. The predicted octanol–water partition coefficient (Wildman–Crippen LogP) is 4.84. The molecule has 1 aromatic carbocycles. The van der Waals surface area contributed by atoms with Crippen molar-refractivity contribution >= 4 is 28.5 Å². The van der Waals surface area contributed by atoms with E-state index in [4.69, 9.17) is 21.4 Å². The fraction of sp³-hybridized carbons (Fsp3) is 0.304. The molecule has 31 heavy (non-hydrogen) atoms. The van der Waals surface area contributed by atoms with Gasteiger partial charge in [-0.1, -0.05) is 11.6 Å². The Hall–Kier alpha value is -3.19. The molecule has 0 N–H and O–H groups in total. The summed E-state index contributed by atoms with van der Waals surface area (Å²) in [5.74, 6) is 1.62. The number of methoxy groups -OCH3 is 1. The summed E-state index contributed by atoms with van der Waals surface area (Å²) in [4.78, 5) is 15.0. The van der Waals surface area contributed by atoms with Crippen LogP contribution in [0.3, 0.4) is 0 Å². The Kier molecular flexibility index (Phi) is 5.54. The largest absolute Gasteiger partial charge is 0.496 e. The van der Waals surface area contributed by atoms with E-state index in [1.54, 1.807) is 19.5 Å². The van der Waals surface area contributed by atoms with E-state index >= 15 is 0 Å². The standard InChI is InChI=1S/C23H25ClN6O/c1-13-19(24)10-17(15(3)30-23-18(14(2)28-30)11-25-12-27-23)22(31-6)21(13)16-7-8-26-20(9-16)29(4)5/h7-12,15H,1-6H3. The number of hydrogen-bond acceptors (Lipinski definition) is 6. The maximum Gasteiger partial charge on any atom is 0.161 e. The first kappa shape index (κ1) is 21.1. The Balaban J connectivity index is 1.94. The first-order valence-electron chi connectivity index (χ1n) is 9.99. The van der Waals surface area contributed by atoms with Gasteiger partial charge in [-0.05, 0) is 50.1 Å². The van der Waals surface area contributed by atoms with Crippen LogP contribution in [0.4, 0.5) is 5.82 Å². The molecule has 7 nitrogen and oxygen atoms in total. The maximum absolute atomic E-state index is 6.72. The van der Waals surface area contributed by atoms with Crippen LogP contribution >= 0.6 is 11.6 Å². The van der Waals surface area contributed by atoms with Crippen molar-refractivity contribution in [3.05, 3.63) is 58.8 Å². The highest BCUT2D eigenvalue weighted by Gasteiger charge is 2.24.